The summed E-state index contributed by atoms with van der Waals surface area (Å²) in [5.41, 5.74) is 1.04. The van der Waals surface area contributed by atoms with E-state index in [1.54, 1.807) is 14.0 Å². The molecule has 0 aromatic rings. The molecular weight excluding hydrogens is 168 g/mol. The number of hydrogen-bond acceptors (Lipinski definition) is 3. The van der Waals surface area contributed by atoms with Crippen molar-refractivity contribution in [1.82, 2.24) is 0 Å². The van der Waals surface area contributed by atoms with Gasteiger partial charge < -0.3 is 9.47 Å². The monoisotopic (exact) mass is 186 g/mol. The lowest BCUT2D eigenvalue weighted by Gasteiger charge is -2.21. The fourth-order valence-corrected chi connectivity index (χ4v) is 1.26. The first-order chi connectivity index (χ1) is 6.08. The van der Waals surface area contributed by atoms with Crippen LogP contribution in [-0.4, -0.2) is 26.3 Å². The number of carbonyl (C=O) groups is 1. The molecule has 0 bridgehead atoms. The average Bonchev–Trinajstić information content (AvgIpc) is 2.17. The number of methoxy groups -OCH3 is 2. The number of rotatable bonds is 4. The van der Waals surface area contributed by atoms with E-state index in [9.17, 15) is 4.79 Å². The predicted octanol–water partition coefficient (Wildman–Crippen LogP) is 1.78. The van der Waals surface area contributed by atoms with E-state index < -0.39 is 0 Å². The van der Waals surface area contributed by atoms with Crippen molar-refractivity contribution in [1.29, 1.82) is 0 Å². The Morgan fingerprint density at radius 3 is 2.23 bits per heavy atom. The quantitative estimate of drug-likeness (QED) is 0.496. The molecule has 0 aliphatic heterocycles. The van der Waals surface area contributed by atoms with Gasteiger partial charge in [0.2, 0.25) is 0 Å². The van der Waals surface area contributed by atoms with Crippen molar-refractivity contribution in [3.63, 3.8) is 0 Å². The lowest BCUT2D eigenvalue weighted by molar-refractivity contribution is -0.148. The Kier molecular flexibility index (Phi) is 5.39. The standard InChI is InChI=1S/C10H18O3/c1-6-7(2)9(12-4)8(3)10(11)13-5/h6,8-9H,1-5H3/b7-6+/t8-,9-/m0/s1. The molecule has 76 valence electrons. The summed E-state index contributed by atoms with van der Waals surface area (Å²) in [5.74, 6) is -0.501. The van der Waals surface area contributed by atoms with E-state index in [0.29, 0.717) is 0 Å². The zero-order valence-corrected chi connectivity index (χ0v) is 8.96. The van der Waals surface area contributed by atoms with Gasteiger partial charge in [0.1, 0.15) is 0 Å². The first-order valence-electron chi connectivity index (χ1n) is 4.31. The minimum Gasteiger partial charge on any atom is -0.469 e. The van der Waals surface area contributed by atoms with Gasteiger partial charge in [0.05, 0.1) is 19.1 Å². The van der Waals surface area contributed by atoms with Gasteiger partial charge in [-0.05, 0) is 26.3 Å². The normalized spacial score (nSPS) is 16.5. The van der Waals surface area contributed by atoms with Crippen LogP contribution >= 0.6 is 0 Å². The van der Waals surface area contributed by atoms with Crippen LogP contribution in [0, 0.1) is 5.92 Å². The van der Waals surface area contributed by atoms with Crippen LogP contribution in [0.5, 0.6) is 0 Å². The second-order valence-corrected chi connectivity index (χ2v) is 3.00. The van der Waals surface area contributed by atoms with E-state index >= 15 is 0 Å². The Bertz CT molecular complexity index is 196. The molecule has 0 amide bonds. The molecule has 0 spiro atoms. The van der Waals surface area contributed by atoms with E-state index in [1.807, 2.05) is 19.9 Å². The predicted molar refractivity (Wildman–Crippen MR) is 51.4 cm³/mol. The lowest BCUT2D eigenvalue weighted by atomic mass is 9.98. The number of hydrogen-bond donors (Lipinski definition) is 0. The first-order valence-corrected chi connectivity index (χ1v) is 4.31. The third-order valence-electron chi connectivity index (χ3n) is 2.19. The van der Waals surface area contributed by atoms with Gasteiger partial charge in [0.15, 0.2) is 0 Å². The highest BCUT2D eigenvalue weighted by Gasteiger charge is 2.25. The van der Waals surface area contributed by atoms with Gasteiger partial charge in [-0.3, -0.25) is 4.79 Å². The molecular formula is C10H18O3. The van der Waals surface area contributed by atoms with Crippen molar-refractivity contribution in [2.45, 2.75) is 26.9 Å². The van der Waals surface area contributed by atoms with Crippen molar-refractivity contribution in [3.05, 3.63) is 11.6 Å². The average molecular weight is 186 g/mol. The molecule has 0 saturated carbocycles. The second kappa shape index (κ2) is 5.75. The highest BCUT2D eigenvalue weighted by molar-refractivity contribution is 5.73. The fraction of sp³-hybridized carbons (Fsp3) is 0.700. The summed E-state index contributed by atoms with van der Waals surface area (Å²) < 4.78 is 9.86. The summed E-state index contributed by atoms with van der Waals surface area (Å²) in [7, 11) is 2.98. The Morgan fingerprint density at radius 1 is 1.38 bits per heavy atom. The number of ether oxygens (including phenoxy) is 2. The van der Waals surface area contributed by atoms with Crippen molar-refractivity contribution in [3.8, 4) is 0 Å². The molecule has 0 unspecified atom stereocenters. The van der Waals surface area contributed by atoms with Gasteiger partial charge in [0.25, 0.3) is 0 Å². The Hall–Kier alpha value is -0.830. The maximum Gasteiger partial charge on any atom is 0.311 e. The molecule has 3 nitrogen and oxygen atoms in total. The molecule has 13 heavy (non-hydrogen) atoms. The molecule has 0 saturated heterocycles. The van der Waals surface area contributed by atoms with E-state index in [0.717, 1.165) is 5.57 Å². The van der Waals surface area contributed by atoms with Crippen LogP contribution in [0.15, 0.2) is 11.6 Å². The van der Waals surface area contributed by atoms with Gasteiger partial charge in [-0.1, -0.05) is 6.08 Å². The van der Waals surface area contributed by atoms with Gasteiger partial charge in [-0.15, -0.1) is 0 Å². The Balaban J connectivity index is 4.49. The molecule has 0 aliphatic rings. The van der Waals surface area contributed by atoms with Gasteiger partial charge >= 0.3 is 5.97 Å². The summed E-state index contributed by atoms with van der Waals surface area (Å²) in [6, 6.07) is 0. The van der Waals surface area contributed by atoms with E-state index in [1.165, 1.54) is 7.11 Å². The Labute approximate surface area is 79.7 Å². The SMILES string of the molecule is C/C=C(\C)[C@H](OC)[C@H](C)C(=O)OC. The number of carbonyl (C=O) groups excluding carboxylic acids is 1. The summed E-state index contributed by atoms with van der Waals surface area (Å²) in [4.78, 5) is 11.2. The van der Waals surface area contributed by atoms with Crippen LogP contribution in [0.4, 0.5) is 0 Å². The van der Waals surface area contributed by atoms with Crippen molar-refractivity contribution in [2.75, 3.05) is 14.2 Å². The van der Waals surface area contributed by atoms with Crippen LogP contribution in [0.25, 0.3) is 0 Å². The molecule has 2 atom stereocenters. The van der Waals surface area contributed by atoms with Crippen molar-refractivity contribution >= 4 is 5.97 Å². The zero-order chi connectivity index (χ0) is 10.4. The van der Waals surface area contributed by atoms with Gasteiger partial charge in [-0.2, -0.15) is 0 Å². The van der Waals surface area contributed by atoms with E-state index in [2.05, 4.69) is 4.74 Å². The van der Waals surface area contributed by atoms with Crippen molar-refractivity contribution < 1.29 is 14.3 Å². The lowest BCUT2D eigenvalue weighted by Crippen LogP contribution is -2.29. The molecule has 0 rings (SSSR count). The van der Waals surface area contributed by atoms with Gasteiger partial charge in [0, 0.05) is 7.11 Å². The highest BCUT2D eigenvalue weighted by atomic mass is 16.5. The molecule has 0 aromatic heterocycles. The van der Waals surface area contributed by atoms with E-state index in [-0.39, 0.29) is 18.0 Å². The molecule has 3 heteroatoms. The summed E-state index contributed by atoms with van der Waals surface area (Å²) >= 11 is 0. The van der Waals surface area contributed by atoms with Crippen LogP contribution in [0.3, 0.4) is 0 Å². The molecule has 0 aliphatic carbocycles. The molecule has 0 radical (unpaired) electrons. The van der Waals surface area contributed by atoms with Crippen LogP contribution in [0.1, 0.15) is 20.8 Å². The molecule has 0 aromatic carbocycles. The summed E-state index contributed by atoms with van der Waals surface area (Å²) in [6.45, 7) is 5.66. The highest BCUT2D eigenvalue weighted by Crippen LogP contribution is 2.16. The molecule has 0 N–H and O–H groups in total. The second-order valence-electron chi connectivity index (χ2n) is 3.00. The maximum absolute atomic E-state index is 11.2. The fourth-order valence-electron chi connectivity index (χ4n) is 1.26. The van der Waals surface area contributed by atoms with Gasteiger partial charge in [-0.25, -0.2) is 0 Å². The van der Waals surface area contributed by atoms with E-state index in [4.69, 9.17) is 4.74 Å². The third-order valence-corrected chi connectivity index (χ3v) is 2.19. The number of esters is 1. The smallest absolute Gasteiger partial charge is 0.311 e. The zero-order valence-electron chi connectivity index (χ0n) is 8.96. The van der Waals surface area contributed by atoms with Crippen molar-refractivity contribution in [2.24, 2.45) is 5.92 Å². The Morgan fingerprint density at radius 2 is 1.92 bits per heavy atom. The van der Waals surface area contributed by atoms with Crippen LogP contribution in [0.2, 0.25) is 0 Å². The molecule has 0 fully saturated rings. The largest absolute Gasteiger partial charge is 0.469 e. The maximum atomic E-state index is 11.2. The molecule has 0 heterocycles. The summed E-state index contributed by atoms with van der Waals surface area (Å²) in [6.07, 6.45) is 1.76. The third kappa shape index (κ3) is 3.19. The van der Waals surface area contributed by atoms with Crippen LogP contribution < -0.4 is 0 Å². The summed E-state index contributed by atoms with van der Waals surface area (Å²) in [5, 5.41) is 0. The van der Waals surface area contributed by atoms with Crippen LogP contribution in [-0.2, 0) is 14.3 Å². The number of allylic oxidation sites excluding steroid dienone is 1. The minimum absolute atomic E-state index is 0.183. The minimum atomic E-state index is -0.258. The topological polar surface area (TPSA) is 35.5 Å². The first kappa shape index (κ1) is 12.2.